The van der Waals surface area contributed by atoms with Crippen LogP contribution in [0.3, 0.4) is 0 Å². The quantitative estimate of drug-likeness (QED) is 0.563. The van der Waals surface area contributed by atoms with Crippen LogP contribution in [0.5, 0.6) is 5.75 Å². The first-order valence-corrected chi connectivity index (χ1v) is 8.38. The molecule has 126 valence electrons. The summed E-state index contributed by atoms with van der Waals surface area (Å²) in [6, 6.07) is 5.79. The van der Waals surface area contributed by atoms with Crippen molar-refractivity contribution in [3.05, 3.63) is 78.1 Å². The Hall–Kier alpha value is -2.79. The predicted molar refractivity (Wildman–Crippen MR) is 103 cm³/mol. The molecule has 1 atom stereocenters. The molecule has 0 aromatic carbocycles. The highest BCUT2D eigenvalue weighted by molar-refractivity contribution is 7.80. The Bertz CT molecular complexity index is 829. The van der Waals surface area contributed by atoms with Gasteiger partial charge in [0.2, 0.25) is 6.29 Å². The van der Waals surface area contributed by atoms with Crippen LogP contribution in [0.15, 0.2) is 67.0 Å². The average molecular weight is 350 g/mol. The summed E-state index contributed by atoms with van der Waals surface area (Å²) in [5, 5.41) is 0. The van der Waals surface area contributed by atoms with Crippen LogP contribution in [-0.4, -0.2) is 21.1 Å². The van der Waals surface area contributed by atoms with Crippen LogP contribution < -0.4 is 4.74 Å². The third kappa shape index (κ3) is 5.09. The number of nitrogens with zero attached hydrogens (tertiary/aromatic N) is 2. The Morgan fingerprint density at radius 3 is 2.68 bits per heavy atom. The van der Waals surface area contributed by atoms with Crippen LogP contribution in [-0.2, 0) is 4.74 Å². The van der Waals surface area contributed by atoms with E-state index in [1.54, 1.807) is 24.8 Å². The Balaban J connectivity index is 1.63. The molecule has 0 N–H and O–H groups in total. The molecule has 2 aromatic heterocycles. The SMILES string of the molecule is CC(OC1=CC=CCC1=S)Oc1cncc(C=Cc2ccncc2)c1. The summed E-state index contributed by atoms with van der Waals surface area (Å²) in [4.78, 5) is 9.00. The Kier molecular flexibility index (Phi) is 5.69. The van der Waals surface area contributed by atoms with Gasteiger partial charge in [-0.1, -0.05) is 36.5 Å². The lowest BCUT2D eigenvalue weighted by Crippen LogP contribution is -2.19. The van der Waals surface area contributed by atoms with Crippen molar-refractivity contribution < 1.29 is 9.47 Å². The van der Waals surface area contributed by atoms with E-state index in [4.69, 9.17) is 21.7 Å². The molecule has 0 bridgehead atoms. The first-order chi connectivity index (χ1) is 12.2. The van der Waals surface area contributed by atoms with Gasteiger partial charge in [0.1, 0.15) is 11.5 Å². The van der Waals surface area contributed by atoms with Gasteiger partial charge < -0.3 is 9.47 Å². The van der Waals surface area contributed by atoms with Crippen molar-refractivity contribution in [1.82, 2.24) is 9.97 Å². The predicted octanol–water partition coefficient (Wildman–Crippen LogP) is 4.60. The number of pyridine rings is 2. The van der Waals surface area contributed by atoms with Gasteiger partial charge in [0.15, 0.2) is 0 Å². The highest BCUT2D eigenvalue weighted by Gasteiger charge is 2.13. The minimum absolute atomic E-state index is 0.461. The summed E-state index contributed by atoms with van der Waals surface area (Å²) in [6.07, 6.45) is 17.0. The minimum atomic E-state index is -0.461. The number of ether oxygens (including phenoxy) is 2. The number of hydrogen-bond donors (Lipinski definition) is 0. The third-order valence-corrected chi connectivity index (χ3v) is 3.83. The molecule has 0 amide bonds. The first kappa shape index (κ1) is 17.0. The fraction of sp³-hybridized carbons (Fsp3) is 0.150. The summed E-state index contributed by atoms with van der Waals surface area (Å²) in [5.74, 6) is 1.33. The molecular formula is C20H18N2O2S. The molecule has 0 aliphatic heterocycles. The molecule has 2 heterocycles. The van der Waals surface area contributed by atoms with Gasteiger partial charge in [0, 0.05) is 31.9 Å². The summed E-state index contributed by atoms with van der Waals surface area (Å²) >= 11 is 5.29. The molecule has 0 fully saturated rings. The third-order valence-electron chi connectivity index (χ3n) is 3.47. The fourth-order valence-electron chi connectivity index (χ4n) is 2.28. The number of rotatable bonds is 6. The molecular weight excluding hydrogens is 332 g/mol. The zero-order valence-electron chi connectivity index (χ0n) is 13.8. The second-order valence-electron chi connectivity index (χ2n) is 5.46. The van der Waals surface area contributed by atoms with E-state index in [1.807, 2.05) is 55.5 Å². The van der Waals surface area contributed by atoms with E-state index in [2.05, 4.69) is 9.97 Å². The molecule has 3 rings (SSSR count). The molecule has 5 heteroatoms. The van der Waals surface area contributed by atoms with E-state index in [0.29, 0.717) is 11.5 Å². The topological polar surface area (TPSA) is 44.2 Å². The van der Waals surface area contributed by atoms with Gasteiger partial charge in [-0.2, -0.15) is 0 Å². The minimum Gasteiger partial charge on any atom is -0.454 e. The first-order valence-electron chi connectivity index (χ1n) is 7.97. The molecule has 1 aliphatic carbocycles. The van der Waals surface area contributed by atoms with Crippen LogP contribution >= 0.6 is 12.2 Å². The molecule has 0 radical (unpaired) electrons. The standard InChI is InChI=1S/C20H18N2O2S/c1-15(24-19-4-2-3-5-20(19)25)23-18-12-17(13-22-14-18)7-6-16-8-10-21-11-9-16/h2-4,6-15H,5H2,1H3. The number of thiocarbonyl (C=S) groups is 1. The van der Waals surface area contributed by atoms with E-state index in [0.717, 1.165) is 22.4 Å². The van der Waals surface area contributed by atoms with Gasteiger partial charge in [0.05, 0.1) is 11.1 Å². The lowest BCUT2D eigenvalue weighted by molar-refractivity contribution is -0.0216. The molecule has 0 spiro atoms. The van der Waals surface area contributed by atoms with E-state index in [1.165, 1.54) is 0 Å². The van der Waals surface area contributed by atoms with Gasteiger partial charge in [-0.25, -0.2) is 0 Å². The maximum atomic E-state index is 5.80. The van der Waals surface area contributed by atoms with Crippen LogP contribution in [0.4, 0.5) is 0 Å². The molecule has 1 aliphatic rings. The van der Waals surface area contributed by atoms with E-state index in [-0.39, 0.29) is 0 Å². The summed E-state index contributed by atoms with van der Waals surface area (Å²) in [5.41, 5.74) is 2.01. The summed E-state index contributed by atoms with van der Waals surface area (Å²) in [6.45, 7) is 1.83. The van der Waals surface area contributed by atoms with Gasteiger partial charge >= 0.3 is 0 Å². The molecule has 0 saturated heterocycles. The number of allylic oxidation sites excluding steroid dienone is 4. The van der Waals surface area contributed by atoms with E-state index >= 15 is 0 Å². The van der Waals surface area contributed by atoms with Crippen LogP contribution in [0.25, 0.3) is 12.2 Å². The Morgan fingerprint density at radius 2 is 1.88 bits per heavy atom. The van der Waals surface area contributed by atoms with Gasteiger partial charge in [0.25, 0.3) is 0 Å². The average Bonchev–Trinajstić information content (AvgIpc) is 2.63. The van der Waals surface area contributed by atoms with E-state index < -0.39 is 6.29 Å². The maximum Gasteiger partial charge on any atom is 0.238 e. The van der Waals surface area contributed by atoms with Crippen LogP contribution in [0.2, 0.25) is 0 Å². The van der Waals surface area contributed by atoms with Crippen molar-refractivity contribution in [2.45, 2.75) is 19.6 Å². The lowest BCUT2D eigenvalue weighted by atomic mass is 10.1. The second-order valence-corrected chi connectivity index (χ2v) is 5.95. The highest BCUT2D eigenvalue weighted by atomic mass is 32.1. The maximum absolute atomic E-state index is 5.80. The van der Waals surface area contributed by atoms with Gasteiger partial charge in [-0.15, -0.1) is 0 Å². The summed E-state index contributed by atoms with van der Waals surface area (Å²) in [7, 11) is 0. The van der Waals surface area contributed by atoms with Crippen molar-refractivity contribution in [3.63, 3.8) is 0 Å². The number of aromatic nitrogens is 2. The lowest BCUT2D eigenvalue weighted by Gasteiger charge is -2.19. The highest BCUT2D eigenvalue weighted by Crippen LogP contribution is 2.19. The zero-order valence-corrected chi connectivity index (χ0v) is 14.6. The molecule has 2 aromatic rings. The Labute approximate surface area is 152 Å². The van der Waals surface area contributed by atoms with Crippen molar-refractivity contribution in [3.8, 4) is 5.75 Å². The van der Waals surface area contributed by atoms with Crippen molar-refractivity contribution in [2.75, 3.05) is 0 Å². The normalized spacial score (nSPS) is 15.1. The van der Waals surface area contributed by atoms with Crippen LogP contribution in [0.1, 0.15) is 24.5 Å². The Morgan fingerprint density at radius 1 is 1.08 bits per heavy atom. The number of hydrogen-bond acceptors (Lipinski definition) is 5. The van der Waals surface area contributed by atoms with Crippen LogP contribution in [0, 0.1) is 0 Å². The van der Waals surface area contributed by atoms with Gasteiger partial charge in [-0.05, 0) is 35.4 Å². The van der Waals surface area contributed by atoms with E-state index in [9.17, 15) is 0 Å². The largest absolute Gasteiger partial charge is 0.454 e. The van der Waals surface area contributed by atoms with Crippen molar-refractivity contribution in [2.24, 2.45) is 0 Å². The van der Waals surface area contributed by atoms with Crippen molar-refractivity contribution in [1.29, 1.82) is 0 Å². The smallest absolute Gasteiger partial charge is 0.238 e. The zero-order chi connectivity index (χ0) is 17.5. The second kappa shape index (κ2) is 8.35. The molecule has 1 unspecified atom stereocenters. The monoisotopic (exact) mass is 350 g/mol. The van der Waals surface area contributed by atoms with Crippen molar-refractivity contribution >= 4 is 29.2 Å². The molecule has 25 heavy (non-hydrogen) atoms. The molecule has 4 nitrogen and oxygen atoms in total. The molecule has 0 saturated carbocycles. The summed E-state index contributed by atoms with van der Waals surface area (Å²) < 4.78 is 11.6. The fourth-order valence-corrected chi connectivity index (χ4v) is 2.49. The van der Waals surface area contributed by atoms with Gasteiger partial charge in [-0.3, -0.25) is 9.97 Å².